The molecule has 0 saturated heterocycles. The summed E-state index contributed by atoms with van der Waals surface area (Å²) >= 11 is 0. The first-order chi connectivity index (χ1) is 10.1. The summed E-state index contributed by atoms with van der Waals surface area (Å²) in [7, 11) is 0. The summed E-state index contributed by atoms with van der Waals surface area (Å²) in [4.78, 5) is 1.78. The molecule has 2 aromatic carbocycles. The topological polar surface area (TPSA) is 3.24 Å². The minimum Gasteiger partial charge on any atom is -0.357 e. The van der Waals surface area contributed by atoms with Gasteiger partial charge in [0, 0.05) is 12.2 Å². The number of benzene rings is 2. The number of hydrogen-bond donors (Lipinski definition) is 0. The van der Waals surface area contributed by atoms with E-state index in [1.807, 2.05) is 60.7 Å². The van der Waals surface area contributed by atoms with Crippen LogP contribution in [0.15, 0.2) is 72.3 Å². The third-order valence-electron chi connectivity index (χ3n) is 3.63. The van der Waals surface area contributed by atoms with Gasteiger partial charge in [-0.2, -0.15) is 13.2 Å². The Kier molecular flexibility index (Phi) is 3.45. The SMILES string of the molecule is FC(F)(F)C1=CC(c2ccccc2)N(c2ccccc2)C1. The van der Waals surface area contributed by atoms with Crippen LogP contribution in [0.5, 0.6) is 0 Å². The fourth-order valence-corrected chi connectivity index (χ4v) is 2.60. The van der Waals surface area contributed by atoms with Gasteiger partial charge in [0.25, 0.3) is 0 Å². The van der Waals surface area contributed by atoms with Crippen LogP contribution in [-0.2, 0) is 0 Å². The Morgan fingerprint density at radius 3 is 2.00 bits per heavy atom. The van der Waals surface area contributed by atoms with E-state index in [0.29, 0.717) is 0 Å². The summed E-state index contributed by atoms with van der Waals surface area (Å²) in [5, 5.41) is 0. The Morgan fingerprint density at radius 1 is 0.857 bits per heavy atom. The molecule has 1 atom stereocenters. The van der Waals surface area contributed by atoms with Crippen LogP contribution < -0.4 is 4.90 Å². The van der Waals surface area contributed by atoms with E-state index in [9.17, 15) is 13.2 Å². The highest BCUT2D eigenvalue weighted by Crippen LogP contribution is 2.40. The number of para-hydroxylation sites is 1. The quantitative estimate of drug-likeness (QED) is 0.722. The molecule has 0 aliphatic carbocycles. The van der Waals surface area contributed by atoms with Crippen LogP contribution >= 0.6 is 0 Å². The van der Waals surface area contributed by atoms with E-state index < -0.39 is 11.7 Å². The zero-order chi connectivity index (χ0) is 14.9. The highest BCUT2D eigenvalue weighted by Gasteiger charge is 2.40. The van der Waals surface area contributed by atoms with Gasteiger partial charge in [-0.25, -0.2) is 0 Å². The Bertz CT molecular complexity index is 632. The van der Waals surface area contributed by atoms with Crippen molar-refractivity contribution < 1.29 is 13.2 Å². The molecule has 1 unspecified atom stereocenters. The van der Waals surface area contributed by atoms with Gasteiger partial charge in [0.15, 0.2) is 0 Å². The van der Waals surface area contributed by atoms with E-state index in [2.05, 4.69) is 0 Å². The van der Waals surface area contributed by atoms with Crippen LogP contribution in [0.25, 0.3) is 0 Å². The lowest BCUT2D eigenvalue weighted by Crippen LogP contribution is -2.26. The molecule has 4 heteroatoms. The molecule has 108 valence electrons. The maximum atomic E-state index is 13.0. The summed E-state index contributed by atoms with van der Waals surface area (Å²) in [6.45, 7) is -0.118. The molecule has 0 fully saturated rings. The van der Waals surface area contributed by atoms with Gasteiger partial charge < -0.3 is 4.90 Å². The fraction of sp³-hybridized carbons (Fsp3) is 0.176. The monoisotopic (exact) mass is 289 g/mol. The van der Waals surface area contributed by atoms with Gasteiger partial charge in [0.1, 0.15) is 0 Å². The molecule has 1 nitrogen and oxygen atoms in total. The van der Waals surface area contributed by atoms with Gasteiger partial charge in [-0.1, -0.05) is 48.5 Å². The predicted molar refractivity (Wildman–Crippen MR) is 77.1 cm³/mol. The van der Waals surface area contributed by atoms with Gasteiger partial charge in [-0.3, -0.25) is 0 Å². The number of halogens is 3. The smallest absolute Gasteiger partial charge is 0.357 e. The highest BCUT2D eigenvalue weighted by molar-refractivity contribution is 5.55. The van der Waals surface area contributed by atoms with Crippen molar-refractivity contribution in [2.75, 3.05) is 11.4 Å². The number of alkyl halides is 3. The lowest BCUT2D eigenvalue weighted by Gasteiger charge is -2.27. The summed E-state index contributed by atoms with van der Waals surface area (Å²) < 4.78 is 39.1. The average molecular weight is 289 g/mol. The molecular weight excluding hydrogens is 275 g/mol. The predicted octanol–water partition coefficient (Wildman–Crippen LogP) is 4.74. The van der Waals surface area contributed by atoms with Gasteiger partial charge in [0.05, 0.1) is 11.6 Å². The molecule has 2 aromatic rings. The van der Waals surface area contributed by atoms with Crippen LogP contribution in [0.4, 0.5) is 18.9 Å². The molecule has 1 aliphatic heterocycles. The normalized spacial score (nSPS) is 18.7. The third-order valence-corrected chi connectivity index (χ3v) is 3.63. The number of anilines is 1. The van der Waals surface area contributed by atoms with Crippen LogP contribution in [0.1, 0.15) is 11.6 Å². The second kappa shape index (κ2) is 5.28. The summed E-state index contributed by atoms with van der Waals surface area (Å²) in [5.74, 6) is 0. The lowest BCUT2D eigenvalue weighted by atomic mass is 10.1. The molecule has 0 radical (unpaired) electrons. The molecule has 1 heterocycles. The largest absolute Gasteiger partial charge is 0.414 e. The van der Waals surface area contributed by atoms with Crippen LogP contribution in [0.2, 0.25) is 0 Å². The van der Waals surface area contributed by atoms with Crippen LogP contribution in [-0.4, -0.2) is 12.7 Å². The molecule has 1 aliphatic rings. The maximum Gasteiger partial charge on any atom is 0.414 e. The lowest BCUT2D eigenvalue weighted by molar-refractivity contribution is -0.0915. The number of rotatable bonds is 2. The Balaban J connectivity index is 2.00. The van der Waals surface area contributed by atoms with Crippen molar-refractivity contribution in [3.63, 3.8) is 0 Å². The van der Waals surface area contributed by atoms with Crippen molar-refractivity contribution in [1.29, 1.82) is 0 Å². The first kappa shape index (κ1) is 13.7. The Labute approximate surface area is 121 Å². The van der Waals surface area contributed by atoms with E-state index >= 15 is 0 Å². The molecule has 0 aromatic heterocycles. The summed E-state index contributed by atoms with van der Waals surface area (Å²) in [5.41, 5.74) is 1.17. The van der Waals surface area contributed by atoms with Crippen LogP contribution in [0.3, 0.4) is 0 Å². The number of nitrogens with zero attached hydrogens (tertiary/aromatic N) is 1. The fourth-order valence-electron chi connectivity index (χ4n) is 2.60. The van der Waals surface area contributed by atoms with Gasteiger partial charge in [-0.05, 0) is 23.8 Å². The minimum absolute atomic E-state index is 0.118. The zero-order valence-corrected chi connectivity index (χ0v) is 11.2. The van der Waals surface area contributed by atoms with Crippen molar-refractivity contribution in [2.24, 2.45) is 0 Å². The molecule has 0 N–H and O–H groups in total. The zero-order valence-electron chi connectivity index (χ0n) is 11.2. The molecule has 0 spiro atoms. The van der Waals surface area contributed by atoms with Crippen molar-refractivity contribution in [2.45, 2.75) is 12.2 Å². The Morgan fingerprint density at radius 2 is 1.43 bits per heavy atom. The average Bonchev–Trinajstić information content (AvgIpc) is 2.94. The van der Waals surface area contributed by atoms with Gasteiger partial charge in [0.2, 0.25) is 0 Å². The Hall–Kier alpha value is -2.23. The minimum atomic E-state index is -4.28. The van der Waals surface area contributed by atoms with E-state index in [-0.39, 0.29) is 12.6 Å². The number of hydrogen-bond acceptors (Lipinski definition) is 1. The van der Waals surface area contributed by atoms with E-state index in [1.165, 1.54) is 6.08 Å². The van der Waals surface area contributed by atoms with E-state index in [0.717, 1.165) is 11.3 Å². The van der Waals surface area contributed by atoms with Crippen molar-refractivity contribution >= 4 is 5.69 Å². The molecule has 21 heavy (non-hydrogen) atoms. The van der Waals surface area contributed by atoms with Gasteiger partial charge in [-0.15, -0.1) is 0 Å². The summed E-state index contributed by atoms with van der Waals surface area (Å²) in [6.07, 6.45) is -2.96. The maximum absolute atomic E-state index is 13.0. The first-order valence-electron chi connectivity index (χ1n) is 6.70. The summed E-state index contributed by atoms with van der Waals surface area (Å²) in [6, 6.07) is 18.1. The third kappa shape index (κ3) is 2.79. The first-order valence-corrected chi connectivity index (χ1v) is 6.70. The van der Waals surface area contributed by atoms with Crippen molar-refractivity contribution in [1.82, 2.24) is 0 Å². The molecule has 0 saturated carbocycles. The standard InChI is InChI=1S/C17H14F3N/c18-17(19,20)14-11-16(13-7-3-1-4-8-13)21(12-14)15-9-5-2-6-10-15/h1-11,16H,12H2. The molecule has 3 rings (SSSR count). The second-order valence-electron chi connectivity index (χ2n) is 5.01. The van der Waals surface area contributed by atoms with Crippen molar-refractivity contribution in [3.8, 4) is 0 Å². The molecule has 0 amide bonds. The van der Waals surface area contributed by atoms with E-state index in [1.54, 1.807) is 4.90 Å². The molecular formula is C17H14F3N. The van der Waals surface area contributed by atoms with E-state index in [4.69, 9.17) is 0 Å². The van der Waals surface area contributed by atoms with Crippen LogP contribution in [0, 0.1) is 0 Å². The van der Waals surface area contributed by atoms with Crippen molar-refractivity contribution in [3.05, 3.63) is 77.9 Å². The second-order valence-corrected chi connectivity index (χ2v) is 5.01. The molecule has 0 bridgehead atoms. The van der Waals surface area contributed by atoms with Gasteiger partial charge >= 0.3 is 6.18 Å². The highest BCUT2D eigenvalue weighted by atomic mass is 19.4.